The predicted octanol–water partition coefficient (Wildman–Crippen LogP) is 2.89. The van der Waals surface area contributed by atoms with E-state index in [4.69, 9.17) is 0 Å². The minimum Gasteiger partial charge on any atom is -0.356 e. The fraction of sp³-hybridized carbons (Fsp3) is 0.571. The minimum absolute atomic E-state index is 0.143. The molecule has 2 aromatic rings. The number of hydrogen-bond donors (Lipinski definition) is 1. The van der Waals surface area contributed by atoms with Crippen LogP contribution in [0.15, 0.2) is 24.3 Å². The molecule has 9 nitrogen and oxygen atoms in total. The van der Waals surface area contributed by atoms with Crippen molar-refractivity contribution in [1.82, 2.24) is 18.8 Å². The summed E-state index contributed by atoms with van der Waals surface area (Å²) in [5.41, 5.74) is -4.39. The van der Waals surface area contributed by atoms with Gasteiger partial charge in [0.15, 0.2) is 0 Å². The van der Waals surface area contributed by atoms with E-state index < -0.39 is 50.0 Å². The average Bonchev–Trinajstić information content (AvgIpc) is 3.31. The summed E-state index contributed by atoms with van der Waals surface area (Å²) in [5, 5.41) is 4.06. The molecule has 2 aliphatic carbocycles. The van der Waals surface area contributed by atoms with Crippen molar-refractivity contribution < 1.29 is 47.4 Å². The molecular formula is C21H22F6N4O5S2. The van der Waals surface area contributed by atoms with E-state index in [0.29, 0.717) is 35.6 Å². The Morgan fingerprint density at radius 3 is 2.32 bits per heavy atom. The monoisotopic (exact) mass is 588 g/mol. The molecule has 3 unspecified atom stereocenters. The van der Waals surface area contributed by atoms with Crippen LogP contribution in [0.2, 0.25) is 0 Å². The van der Waals surface area contributed by atoms with Crippen molar-refractivity contribution in [2.24, 2.45) is 18.9 Å². The normalized spacial score (nSPS) is 27.4. The van der Waals surface area contributed by atoms with Gasteiger partial charge in [-0.15, -0.1) is 0 Å². The van der Waals surface area contributed by atoms with Crippen LogP contribution in [0.1, 0.15) is 24.0 Å². The van der Waals surface area contributed by atoms with Crippen molar-refractivity contribution >= 4 is 20.3 Å². The van der Waals surface area contributed by atoms with Crippen molar-refractivity contribution in [2.45, 2.75) is 42.9 Å². The van der Waals surface area contributed by atoms with Crippen molar-refractivity contribution in [3.8, 4) is 17.1 Å². The average molecular weight is 589 g/mol. The summed E-state index contributed by atoms with van der Waals surface area (Å²) in [6.07, 6.45) is -2.65. The molecule has 1 aromatic heterocycles. The summed E-state index contributed by atoms with van der Waals surface area (Å²) in [6, 6.07) is 6.18. The molecule has 0 radical (unpaired) electrons. The van der Waals surface area contributed by atoms with Crippen molar-refractivity contribution in [3.05, 3.63) is 35.4 Å². The van der Waals surface area contributed by atoms with Gasteiger partial charge in [-0.05, 0) is 54.7 Å². The summed E-state index contributed by atoms with van der Waals surface area (Å²) < 4.78 is 133. The SMILES string of the molecule is Cn1nc(-c2ccc3c(c2)CC2CCC(C3)C23CN(CC(F)(F)F)S(=O)(=O)N3)cc1OS(=O)(=O)C(F)(F)F. The van der Waals surface area contributed by atoms with Gasteiger partial charge < -0.3 is 4.18 Å². The first-order valence-electron chi connectivity index (χ1n) is 11.4. The quantitative estimate of drug-likeness (QED) is 0.334. The number of hydrogen-bond acceptors (Lipinski definition) is 6. The van der Waals surface area contributed by atoms with Crippen LogP contribution in [0.4, 0.5) is 26.3 Å². The molecule has 210 valence electrons. The van der Waals surface area contributed by atoms with Crippen LogP contribution in [-0.2, 0) is 40.2 Å². The molecule has 1 spiro atoms. The molecule has 5 rings (SSSR count). The van der Waals surface area contributed by atoms with Gasteiger partial charge in [-0.3, -0.25) is 0 Å². The molecule has 2 heterocycles. The fourth-order valence-electron chi connectivity index (χ4n) is 5.83. The van der Waals surface area contributed by atoms with Crippen LogP contribution in [-0.4, -0.2) is 61.2 Å². The molecule has 3 atom stereocenters. The Kier molecular flexibility index (Phi) is 6.13. The van der Waals surface area contributed by atoms with E-state index in [-0.39, 0.29) is 24.1 Å². The van der Waals surface area contributed by atoms with Crippen LogP contribution in [0, 0.1) is 11.8 Å². The highest BCUT2D eigenvalue weighted by atomic mass is 32.2. The number of rotatable bonds is 4. The van der Waals surface area contributed by atoms with Crippen LogP contribution < -0.4 is 8.91 Å². The summed E-state index contributed by atoms with van der Waals surface area (Å²) in [7, 11) is -9.01. The maximum Gasteiger partial charge on any atom is 0.534 e. The summed E-state index contributed by atoms with van der Waals surface area (Å²) in [5.74, 6) is -1.15. The Morgan fingerprint density at radius 2 is 1.71 bits per heavy atom. The van der Waals surface area contributed by atoms with Gasteiger partial charge in [-0.25, -0.2) is 4.68 Å². The lowest BCUT2D eigenvalue weighted by atomic mass is 9.79. The molecule has 17 heteroatoms. The highest BCUT2D eigenvalue weighted by molar-refractivity contribution is 7.88. The van der Waals surface area contributed by atoms with Crippen molar-refractivity contribution in [3.63, 3.8) is 0 Å². The van der Waals surface area contributed by atoms with Crippen molar-refractivity contribution in [1.29, 1.82) is 0 Å². The van der Waals surface area contributed by atoms with E-state index in [1.54, 1.807) is 18.2 Å². The summed E-state index contributed by atoms with van der Waals surface area (Å²) in [4.78, 5) is 0. The second-order valence-electron chi connectivity index (χ2n) is 9.87. The molecule has 1 saturated heterocycles. The molecular weight excluding hydrogens is 566 g/mol. The minimum atomic E-state index is -5.90. The molecule has 1 saturated carbocycles. The Bertz CT molecular complexity index is 1490. The number of fused-ring (bicyclic) bond motifs is 1. The van der Waals surface area contributed by atoms with Crippen molar-refractivity contribution in [2.75, 3.05) is 13.1 Å². The molecule has 0 amide bonds. The number of aromatic nitrogens is 2. The second kappa shape index (κ2) is 8.56. The Morgan fingerprint density at radius 1 is 1.08 bits per heavy atom. The zero-order chi connectivity index (χ0) is 27.9. The predicted molar refractivity (Wildman–Crippen MR) is 120 cm³/mol. The fourth-order valence-corrected chi connectivity index (χ4v) is 8.02. The lowest BCUT2D eigenvalue weighted by Crippen LogP contribution is -2.52. The van der Waals surface area contributed by atoms with E-state index in [1.165, 1.54) is 7.05 Å². The molecule has 3 aliphatic rings. The topological polar surface area (TPSA) is 111 Å². The van der Waals surface area contributed by atoms with Gasteiger partial charge in [0.25, 0.3) is 10.2 Å². The standard InChI is InChI=1S/C21H22F6N4O5S2/c1-30-18(36-37(32,33)21(25,26)27)9-17(28-30)13-3-2-12-7-15-4-5-16(8-14(12)6-13)19(15)10-31(11-20(22,23)24)38(34,35)29-19/h2-3,6,9,15-16,29H,4-5,7-8,10-11H2,1H3. The Hall–Kier alpha value is -2.37. The number of nitrogens with one attached hydrogen (secondary N) is 1. The lowest BCUT2D eigenvalue weighted by molar-refractivity contribution is -0.136. The number of aryl methyl sites for hydroxylation is 1. The van der Waals surface area contributed by atoms with Crippen LogP contribution in [0.3, 0.4) is 0 Å². The molecule has 38 heavy (non-hydrogen) atoms. The first kappa shape index (κ1) is 27.2. The lowest BCUT2D eigenvalue weighted by Gasteiger charge is -2.33. The van der Waals surface area contributed by atoms with E-state index in [1.807, 2.05) is 0 Å². The van der Waals surface area contributed by atoms with E-state index in [0.717, 1.165) is 21.9 Å². The Labute approximate surface area is 214 Å². The van der Waals surface area contributed by atoms with Gasteiger partial charge in [0.05, 0.1) is 11.2 Å². The van der Waals surface area contributed by atoms with Gasteiger partial charge in [-0.2, -0.15) is 57.3 Å². The maximum absolute atomic E-state index is 13.1. The highest BCUT2D eigenvalue weighted by Crippen LogP contribution is 2.51. The largest absolute Gasteiger partial charge is 0.534 e. The zero-order valence-electron chi connectivity index (χ0n) is 19.7. The van der Waals surface area contributed by atoms with Crippen LogP contribution in [0.5, 0.6) is 5.88 Å². The van der Waals surface area contributed by atoms with Gasteiger partial charge in [0, 0.05) is 25.2 Å². The number of halogens is 6. The van der Waals surface area contributed by atoms with E-state index >= 15 is 0 Å². The third-order valence-corrected chi connectivity index (χ3v) is 10.1. The first-order chi connectivity index (χ1) is 17.4. The molecule has 1 aliphatic heterocycles. The van der Waals surface area contributed by atoms with E-state index in [2.05, 4.69) is 14.0 Å². The molecule has 2 bridgehead atoms. The molecule has 1 N–H and O–H groups in total. The van der Waals surface area contributed by atoms with E-state index in [9.17, 15) is 43.2 Å². The number of benzene rings is 1. The number of alkyl halides is 6. The smallest absolute Gasteiger partial charge is 0.356 e. The van der Waals surface area contributed by atoms with Crippen LogP contribution >= 0.6 is 0 Å². The molecule has 2 fully saturated rings. The van der Waals surface area contributed by atoms with Gasteiger partial charge in [0.2, 0.25) is 5.88 Å². The molecule has 1 aromatic carbocycles. The third-order valence-electron chi connectivity index (χ3n) is 7.52. The Balaban J connectivity index is 1.43. The maximum atomic E-state index is 13.1. The first-order valence-corrected chi connectivity index (χ1v) is 14.3. The van der Waals surface area contributed by atoms with Gasteiger partial charge in [0.1, 0.15) is 6.54 Å². The highest BCUT2D eigenvalue weighted by Gasteiger charge is 2.60. The summed E-state index contributed by atoms with van der Waals surface area (Å²) in [6.45, 7) is -1.87. The third kappa shape index (κ3) is 4.66. The zero-order valence-corrected chi connectivity index (χ0v) is 21.3. The summed E-state index contributed by atoms with van der Waals surface area (Å²) >= 11 is 0. The number of nitrogens with zero attached hydrogens (tertiary/aromatic N) is 3. The second-order valence-corrected chi connectivity index (χ2v) is 13.1. The van der Waals surface area contributed by atoms with Gasteiger partial charge in [-0.1, -0.05) is 12.1 Å². The van der Waals surface area contributed by atoms with Gasteiger partial charge >= 0.3 is 21.8 Å². The van der Waals surface area contributed by atoms with Crippen LogP contribution in [0.25, 0.3) is 11.3 Å².